The number of urea groups is 1. The Bertz CT molecular complexity index is 1290. The monoisotopic (exact) mass is 468 g/mol. The van der Waals surface area contributed by atoms with Crippen LogP contribution in [0.15, 0.2) is 72.3 Å². The Kier molecular flexibility index (Phi) is 6.08. The highest BCUT2D eigenvalue weighted by molar-refractivity contribution is 6.39. The Morgan fingerprint density at radius 2 is 1.62 bits per heavy atom. The Morgan fingerprint density at radius 3 is 2.38 bits per heavy atom. The van der Waals surface area contributed by atoms with Crippen LogP contribution in [0.2, 0.25) is 10.0 Å². The van der Waals surface area contributed by atoms with Gasteiger partial charge in [0, 0.05) is 10.0 Å². The zero-order valence-corrected chi connectivity index (χ0v) is 18.0. The second-order valence-corrected chi connectivity index (χ2v) is 7.86. The lowest BCUT2D eigenvalue weighted by atomic mass is 9.97. The van der Waals surface area contributed by atoms with Gasteiger partial charge in [0.1, 0.15) is 11.4 Å². The fraction of sp³-hybridized carbons (Fsp3) is 0.0417. The van der Waals surface area contributed by atoms with Crippen molar-refractivity contribution in [3.05, 3.63) is 105 Å². The second kappa shape index (κ2) is 8.94. The van der Waals surface area contributed by atoms with E-state index in [2.05, 4.69) is 5.32 Å². The van der Waals surface area contributed by atoms with Crippen LogP contribution < -0.4 is 10.2 Å². The zero-order valence-electron chi connectivity index (χ0n) is 16.4. The molecule has 0 spiro atoms. The first-order chi connectivity index (χ1) is 15.3. The topological polar surface area (TPSA) is 66.5 Å². The molecular weight excluding hydrogens is 454 g/mol. The van der Waals surface area contributed by atoms with Crippen molar-refractivity contribution in [2.24, 2.45) is 0 Å². The van der Waals surface area contributed by atoms with E-state index in [0.717, 1.165) is 17.2 Å². The molecule has 32 heavy (non-hydrogen) atoms. The van der Waals surface area contributed by atoms with Gasteiger partial charge in [0.25, 0.3) is 11.8 Å². The summed E-state index contributed by atoms with van der Waals surface area (Å²) >= 11 is 12.4. The SMILES string of the molecule is O=C1NC(=O)N(c2ccccc2F)C(=O)/C1=C\c1cc(Cl)ccc1Cc1ccccc1Cl. The number of halogens is 3. The number of amides is 4. The molecule has 1 heterocycles. The smallest absolute Gasteiger partial charge is 0.273 e. The molecule has 1 aliphatic rings. The van der Waals surface area contributed by atoms with Crippen LogP contribution in [-0.2, 0) is 16.0 Å². The number of rotatable bonds is 4. The van der Waals surface area contributed by atoms with Gasteiger partial charge in [-0.15, -0.1) is 0 Å². The van der Waals surface area contributed by atoms with E-state index in [1.54, 1.807) is 24.3 Å². The normalized spacial score (nSPS) is 15.3. The molecule has 1 N–H and O–H groups in total. The summed E-state index contributed by atoms with van der Waals surface area (Å²) in [5.41, 5.74) is 1.52. The van der Waals surface area contributed by atoms with Crippen LogP contribution in [-0.4, -0.2) is 17.8 Å². The largest absolute Gasteiger partial charge is 0.336 e. The van der Waals surface area contributed by atoms with Gasteiger partial charge in [0.15, 0.2) is 0 Å². The third kappa shape index (κ3) is 4.28. The highest BCUT2D eigenvalue weighted by atomic mass is 35.5. The van der Waals surface area contributed by atoms with E-state index in [0.29, 0.717) is 26.9 Å². The number of imide groups is 2. The Morgan fingerprint density at radius 1 is 0.906 bits per heavy atom. The first-order valence-electron chi connectivity index (χ1n) is 9.53. The molecule has 4 rings (SSSR count). The van der Waals surface area contributed by atoms with E-state index in [-0.39, 0.29) is 11.3 Å². The maximum absolute atomic E-state index is 14.3. The van der Waals surface area contributed by atoms with Crippen molar-refractivity contribution in [3.63, 3.8) is 0 Å². The molecule has 1 fully saturated rings. The Labute approximate surface area is 193 Å². The summed E-state index contributed by atoms with van der Waals surface area (Å²) in [5.74, 6) is -2.59. The molecule has 0 aromatic heterocycles. The van der Waals surface area contributed by atoms with E-state index in [1.807, 2.05) is 18.2 Å². The third-order valence-corrected chi connectivity index (χ3v) is 5.55. The van der Waals surface area contributed by atoms with Gasteiger partial charge in [0.05, 0.1) is 5.69 Å². The number of para-hydroxylation sites is 1. The summed E-state index contributed by atoms with van der Waals surface area (Å²) in [7, 11) is 0. The van der Waals surface area contributed by atoms with Crippen molar-refractivity contribution < 1.29 is 18.8 Å². The second-order valence-electron chi connectivity index (χ2n) is 7.02. The number of carbonyl (C=O) groups excluding carboxylic acids is 3. The van der Waals surface area contributed by atoms with Crippen LogP contribution in [0.4, 0.5) is 14.9 Å². The van der Waals surface area contributed by atoms with Crippen molar-refractivity contribution in [3.8, 4) is 0 Å². The minimum atomic E-state index is -1.02. The van der Waals surface area contributed by atoms with E-state index in [1.165, 1.54) is 24.3 Å². The molecule has 1 aliphatic heterocycles. The van der Waals surface area contributed by atoms with Crippen molar-refractivity contribution in [1.82, 2.24) is 5.32 Å². The molecule has 0 atom stereocenters. The number of benzene rings is 3. The average molecular weight is 469 g/mol. The van der Waals surface area contributed by atoms with Gasteiger partial charge < -0.3 is 0 Å². The molecule has 3 aromatic rings. The molecule has 4 amide bonds. The number of hydrogen-bond acceptors (Lipinski definition) is 3. The van der Waals surface area contributed by atoms with Gasteiger partial charge in [-0.05, 0) is 59.5 Å². The maximum atomic E-state index is 14.3. The fourth-order valence-corrected chi connectivity index (χ4v) is 3.76. The van der Waals surface area contributed by atoms with Crippen molar-refractivity contribution in [2.75, 3.05) is 4.90 Å². The molecule has 0 unspecified atom stereocenters. The number of hydrogen-bond donors (Lipinski definition) is 1. The van der Waals surface area contributed by atoms with Crippen LogP contribution in [0, 0.1) is 5.82 Å². The van der Waals surface area contributed by atoms with Gasteiger partial charge in [-0.1, -0.05) is 59.6 Å². The predicted molar refractivity (Wildman–Crippen MR) is 121 cm³/mol. The molecule has 3 aromatic carbocycles. The van der Waals surface area contributed by atoms with Gasteiger partial charge in [0.2, 0.25) is 0 Å². The van der Waals surface area contributed by atoms with Gasteiger partial charge in [-0.25, -0.2) is 14.1 Å². The predicted octanol–water partition coefficient (Wildman–Crippen LogP) is 5.39. The highest BCUT2D eigenvalue weighted by Crippen LogP contribution is 2.28. The summed E-state index contributed by atoms with van der Waals surface area (Å²) in [6.07, 6.45) is 1.76. The van der Waals surface area contributed by atoms with Gasteiger partial charge >= 0.3 is 6.03 Å². The molecule has 160 valence electrons. The fourth-order valence-electron chi connectivity index (χ4n) is 3.37. The van der Waals surface area contributed by atoms with E-state index in [9.17, 15) is 18.8 Å². The zero-order chi connectivity index (χ0) is 22.8. The summed E-state index contributed by atoms with van der Waals surface area (Å²) in [5, 5.41) is 3.05. The number of carbonyl (C=O) groups is 3. The Hall–Kier alpha value is -3.48. The van der Waals surface area contributed by atoms with E-state index >= 15 is 0 Å². The number of nitrogens with zero attached hydrogens (tertiary/aromatic N) is 1. The molecule has 0 radical (unpaired) electrons. The maximum Gasteiger partial charge on any atom is 0.336 e. The number of barbiturate groups is 1. The van der Waals surface area contributed by atoms with Crippen molar-refractivity contribution in [1.29, 1.82) is 0 Å². The lowest BCUT2D eigenvalue weighted by molar-refractivity contribution is -0.122. The standard InChI is InChI=1S/C24H15Cl2FN2O3/c25-17-10-9-14(11-15-5-1-2-6-19(15)26)16(12-17)13-18-22(30)28-24(32)29(23(18)31)21-8-4-3-7-20(21)27/h1-10,12-13H,11H2,(H,28,30,32)/b18-13-. The quantitative estimate of drug-likeness (QED) is 0.412. The lowest BCUT2D eigenvalue weighted by Crippen LogP contribution is -2.54. The molecule has 5 nitrogen and oxygen atoms in total. The minimum Gasteiger partial charge on any atom is -0.273 e. The van der Waals surface area contributed by atoms with Crippen LogP contribution >= 0.6 is 23.2 Å². The average Bonchev–Trinajstić information content (AvgIpc) is 2.75. The summed E-state index contributed by atoms with van der Waals surface area (Å²) in [6.45, 7) is 0. The lowest BCUT2D eigenvalue weighted by Gasteiger charge is -2.26. The molecule has 0 aliphatic carbocycles. The third-order valence-electron chi connectivity index (χ3n) is 4.94. The van der Waals surface area contributed by atoms with Crippen LogP contribution in [0.5, 0.6) is 0 Å². The molecule has 1 saturated heterocycles. The first-order valence-corrected chi connectivity index (χ1v) is 10.3. The van der Waals surface area contributed by atoms with Crippen LogP contribution in [0.3, 0.4) is 0 Å². The summed E-state index contributed by atoms with van der Waals surface area (Å²) in [4.78, 5) is 38.5. The van der Waals surface area contributed by atoms with Crippen LogP contribution in [0.25, 0.3) is 6.08 Å². The van der Waals surface area contributed by atoms with Crippen molar-refractivity contribution >= 4 is 52.8 Å². The molecule has 0 bridgehead atoms. The van der Waals surface area contributed by atoms with E-state index in [4.69, 9.17) is 23.2 Å². The summed E-state index contributed by atoms with van der Waals surface area (Å²) < 4.78 is 14.3. The van der Waals surface area contributed by atoms with Crippen molar-refractivity contribution in [2.45, 2.75) is 6.42 Å². The first kappa shape index (κ1) is 21.7. The Balaban J connectivity index is 1.77. The van der Waals surface area contributed by atoms with Crippen LogP contribution in [0.1, 0.15) is 16.7 Å². The highest BCUT2D eigenvalue weighted by Gasteiger charge is 2.38. The van der Waals surface area contributed by atoms with Gasteiger partial charge in [-0.2, -0.15) is 0 Å². The number of nitrogens with one attached hydrogen (secondary N) is 1. The molecular formula is C24H15Cl2FN2O3. The number of anilines is 1. The summed E-state index contributed by atoms with van der Waals surface area (Å²) in [6, 6.07) is 16.6. The van der Waals surface area contributed by atoms with E-state index < -0.39 is 23.7 Å². The molecule has 8 heteroatoms. The minimum absolute atomic E-state index is 0.254. The molecule has 0 saturated carbocycles. The van der Waals surface area contributed by atoms with Gasteiger partial charge in [-0.3, -0.25) is 14.9 Å².